The van der Waals surface area contributed by atoms with E-state index < -0.39 is 0 Å². The largest absolute Gasteiger partial charge is 0.319 e. The van der Waals surface area contributed by atoms with Gasteiger partial charge in [-0.15, -0.1) is 0 Å². The first-order chi connectivity index (χ1) is 8.19. The van der Waals surface area contributed by atoms with Gasteiger partial charge in [-0.2, -0.15) is 0 Å². The molecule has 0 atom stereocenters. The van der Waals surface area contributed by atoms with Crippen molar-refractivity contribution < 1.29 is 0 Å². The summed E-state index contributed by atoms with van der Waals surface area (Å²) in [6.45, 7) is 8.72. The molecule has 0 aliphatic carbocycles. The van der Waals surface area contributed by atoms with Gasteiger partial charge in [0.15, 0.2) is 0 Å². The Bertz CT molecular complexity index is 419. The summed E-state index contributed by atoms with van der Waals surface area (Å²) >= 11 is 0. The molecule has 94 valence electrons. The van der Waals surface area contributed by atoms with E-state index in [1.54, 1.807) is 17.7 Å². The lowest BCUT2D eigenvalue weighted by Gasteiger charge is -2.33. The molecule has 1 aliphatic heterocycles. The van der Waals surface area contributed by atoms with Crippen LogP contribution in [-0.4, -0.2) is 47.1 Å². The van der Waals surface area contributed by atoms with Crippen LogP contribution in [0.5, 0.6) is 0 Å². The minimum Gasteiger partial charge on any atom is -0.319 e. The molecule has 0 aromatic carbocycles. The van der Waals surface area contributed by atoms with Crippen molar-refractivity contribution in [3.63, 3.8) is 0 Å². The maximum Gasteiger partial charge on any atom is 0.250 e. The minimum absolute atomic E-state index is 0.0784. The highest BCUT2D eigenvalue weighted by atomic mass is 16.1. The molecule has 4 heteroatoms. The molecule has 4 nitrogen and oxygen atoms in total. The van der Waals surface area contributed by atoms with Crippen LogP contribution < -0.4 is 5.56 Å². The third-order valence-corrected chi connectivity index (χ3v) is 3.49. The molecule has 1 aliphatic rings. The van der Waals surface area contributed by atoms with Crippen LogP contribution in [0.2, 0.25) is 0 Å². The molecule has 0 spiro atoms. The lowest BCUT2D eigenvalue weighted by molar-refractivity contribution is 0.132. The van der Waals surface area contributed by atoms with Crippen LogP contribution in [0, 0.1) is 0 Å². The van der Waals surface area contributed by atoms with Gasteiger partial charge in [0.05, 0.1) is 0 Å². The van der Waals surface area contributed by atoms with Gasteiger partial charge < -0.3 is 9.47 Å². The van der Waals surface area contributed by atoms with Gasteiger partial charge >= 0.3 is 0 Å². The van der Waals surface area contributed by atoms with E-state index in [1.165, 1.54) is 0 Å². The van der Waals surface area contributed by atoms with Crippen molar-refractivity contribution in [2.24, 2.45) is 7.05 Å². The number of aryl methyl sites for hydroxylation is 1. The molecule has 0 radical (unpaired) electrons. The summed E-state index contributed by atoms with van der Waals surface area (Å²) in [7, 11) is 1.78. The topological polar surface area (TPSA) is 28.5 Å². The third kappa shape index (κ3) is 3.17. The van der Waals surface area contributed by atoms with Gasteiger partial charge in [-0.3, -0.25) is 9.69 Å². The number of hydrogen-bond acceptors (Lipinski definition) is 3. The van der Waals surface area contributed by atoms with Crippen LogP contribution in [0.3, 0.4) is 0 Å². The van der Waals surface area contributed by atoms with Crippen LogP contribution in [-0.2, 0) is 13.6 Å². The molecule has 1 fully saturated rings. The number of piperazine rings is 1. The summed E-state index contributed by atoms with van der Waals surface area (Å²) in [5.41, 5.74) is 1.20. The SMILES string of the molecule is CCN1CCN(Cc2ccn(C)c(=O)c2)CC1. The van der Waals surface area contributed by atoms with Gasteiger partial charge in [0, 0.05) is 52.0 Å². The van der Waals surface area contributed by atoms with Gasteiger partial charge in [-0.25, -0.2) is 0 Å². The van der Waals surface area contributed by atoms with Crippen molar-refractivity contribution in [2.45, 2.75) is 13.5 Å². The fourth-order valence-electron chi connectivity index (χ4n) is 2.21. The van der Waals surface area contributed by atoms with E-state index in [1.807, 2.05) is 12.3 Å². The molecule has 1 aromatic rings. The smallest absolute Gasteiger partial charge is 0.250 e. The zero-order valence-electron chi connectivity index (χ0n) is 10.7. The van der Waals surface area contributed by atoms with E-state index in [-0.39, 0.29) is 5.56 Å². The zero-order chi connectivity index (χ0) is 12.3. The molecule has 1 saturated heterocycles. The molecule has 0 amide bonds. The zero-order valence-corrected chi connectivity index (χ0v) is 10.7. The van der Waals surface area contributed by atoms with Crippen LogP contribution >= 0.6 is 0 Å². The Labute approximate surface area is 102 Å². The van der Waals surface area contributed by atoms with E-state index in [2.05, 4.69) is 16.7 Å². The molecular weight excluding hydrogens is 214 g/mol. The molecule has 2 heterocycles. The number of aromatic nitrogens is 1. The lowest BCUT2D eigenvalue weighted by Crippen LogP contribution is -2.45. The average molecular weight is 235 g/mol. The summed E-state index contributed by atoms with van der Waals surface area (Å²) in [6, 6.07) is 3.78. The van der Waals surface area contributed by atoms with Crippen LogP contribution in [0.1, 0.15) is 12.5 Å². The highest BCUT2D eigenvalue weighted by Gasteiger charge is 2.15. The number of hydrogen-bond donors (Lipinski definition) is 0. The highest BCUT2D eigenvalue weighted by molar-refractivity contribution is 5.10. The van der Waals surface area contributed by atoms with E-state index in [9.17, 15) is 4.79 Å². The first kappa shape index (κ1) is 12.3. The second-order valence-corrected chi connectivity index (χ2v) is 4.69. The molecule has 0 bridgehead atoms. The standard InChI is InChI=1S/C13H21N3O/c1-3-15-6-8-16(9-7-15)11-12-4-5-14(2)13(17)10-12/h4-5,10H,3,6-9,11H2,1-2H3. The Hall–Kier alpha value is -1.13. The van der Waals surface area contributed by atoms with Crippen molar-refractivity contribution in [3.8, 4) is 0 Å². The summed E-state index contributed by atoms with van der Waals surface area (Å²) in [5.74, 6) is 0. The second-order valence-electron chi connectivity index (χ2n) is 4.69. The summed E-state index contributed by atoms with van der Waals surface area (Å²) < 4.78 is 1.61. The molecule has 2 rings (SSSR count). The predicted octanol–water partition coefficient (Wildman–Crippen LogP) is 0.523. The van der Waals surface area contributed by atoms with Gasteiger partial charge in [0.25, 0.3) is 5.56 Å². The van der Waals surface area contributed by atoms with Gasteiger partial charge in [0.1, 0.15) is 0 Å². The fourth-order valence-corrected chi connectivity index (χ4v) is 2.21. The van der Waals surface area contributed by atoms with E-state index in [0.717, 1.165) is 44.8 Å². The van der Waals surface area contributed by atoms with Crippen molar-refractivity contribution in [3.05, 3.63) is 34.2 Å². The van der Waals surface area contributed by atoms with Crippen molar-refractivity contribution in [2.75, 3.05) is 32.7 Å². The normalized spacial score (nSPS) is 18.5. The van der Waals surface area contributed by atoms with Crippen molar-refractivity contribution in [1.29, 1.82) is 0 Å². The van der Waals surface area contributed by atoms with E-state index in [0.29, 0.717) is 0 Å². The fraction of sp³-hybridized carbons (Fsp3) is 0.615. The Kier molecular flexibility index (Phi) is 3.97. The Balaban J connectivity index is 1.93. The molecule has 17 heavy (non-hydrogen) atoms. The van der Waals surface area contributed by atoms with Crippen LogP contribution in [0.25, 0.3) is 0 Å². The molecule has 0 unspecified atom stereocenters. The summed E-state index contributed by atoms with van der Waals surface area (Å²) in [6.07, 6.45) is 1.85. The summed E-state index contributed by atoms with van der Waals surface area (Å²) in [4.78, 5) is 16.4. The van der Waals surface area contributed by atoms with Gasteiger partial charge in [-0.05, 0) is 18.2 Å². The molecule has 0 N–H and O–H groups in total. The molecule has 1 aromatic heterocycles. The Morgan fingerprint density at radius 2 is 1.82 bits per heavy atom. The quantitative estimate of drug-likeness (QED) is 0.765. The number of pyridine rings is 1. The Morgan fingerprint density at radius 3 is 2.41 bits per heavy atom. The summed E-state index contributed by atoms with van der Waals surface area (Å²) in [5, 5.41) is 0. The molecular formula is C13H21N3O. The monoisotopic (exact) mass is 235 g/mol. The van der Waals surface area contributed by atoms with Crippen LogP contribution in [0.4, 0.5) is 0 Å². The second kappa shape index (κ2) is 5.47. The third-order valence-electron chi connectivity index (χ3n) is 3.49. The van der Waals surface area contributed by atoms with E-state index in [4.69, 9.17) is 0 Å². The first-order valence-electron chi connectivity index (χ1n) is 6.29. The lowest BCUT2D eigenvalue weighted by atomic mass is 10.2. The maximum absolute atomic E-state index is 11.5. The highest BCUT2D eigenvalue weighted by Crippen LogP contribution is 2.06. The van der Waals surface area contributed by atoms with E-state index >= 15 is 0 Å². The first-order valence-corrected chi connectivity index (χ1v) is 6.29. The van der Waals surface area contributed by atoms with Gasteiger partial charge in [-0.1, -0.05) is 6.92 Å². The van der Waals surface area contributed by atoms with Crippen LogP contribution in [0.15, 0.2) is 23.1 Å². The predicted molar refractivity (Wildman–Crippen MR) is 69.1 cm³/mol. The molecule has 0 saturated carbocycles. The minimum atomic E-state index is 0.0784. The Morgan fingerprint density at radius 1 is 1.18 bits per heavy atom. The van der Waals surface area contributed by atoms with Gasteiger partial charge in [0.2, 0.25) is 0 Å². The number of nitrogens with zero attached hydrogens (tertiary/aromatic N) is 3. The number of likely N-dealkylation sites (N-methyl/N-ethyl adjacent to an activating group) is 1. The van der Waals surface area contributed by atoms with Crippen molar-refractivity contribution >= 4 is 0 Å². The maximum atomic E-state index is 11.5. The number of rotatable bonds is 3. The average Bonchev–Trinajstić information content (AvgIpc) is 2.35. The van der Waals surface area contributed by atoms with Crippen molar-refractivity contribution in [1.82, 2.24) is 14.4 Å².